The van der Waals surface area contributed by atoms with Crippen LogP contribution in [0.2, 0.25) is 5.02 Å². The molecule has 0 unspecified atom stereocenters. The van der Waals surface area contributed by atoms with E-state index < -0.39 is 0 Å². The molecule has 0 saturated heterocycles. The monoisotopic (exact) mass is 386 g/mol. The van der Waals surface area contributed by atoms with Crippen molar-refractivity contribution in [2.24, 2.45) is 5.10 Å². The molecule has 0 fully saturated rings. The maximum absolute atomic E-state index is 5.90. The van der Waals surface area contributed by atoms with Crippen molar-refractivity contribution in [2.45, 2.75) is 25.1 Å². The van der Waals surface area contributed by atoms with Gasteiger partial charge in [0.25, 0.3) is 0 Å². The first-order valence-corrected chi connectivity index (χ1v) is 9.80. The van der Waals surface area contributed by atoms with E-state index >= 15 is 0 Å². The second kappa shape index (κ2) is 8.87. The van der Waals surface area contributed by atoms with Gasteiger partial charge in [-0.2, -0.15) is 9.78 Å². The van der Waals surface area contributed by atoms with Crippen LogP contribution in [-0.2, 0) is 13.0 Å². The average Bonchev–Trinajstić information content (AvgIpc) is 3.08. The normalized spacial score (nSPS) is 11.2. The molecule has 0 saturated carbocycles. The minimum absolute atomic E-state index is 0.486. The molecule has 3 aromatic rings. The molecule has 0 aliphatic carbocycles. The number of benzene rings is 2. The van der Waals surface area contributed by atoms with Gasteiger partial charge in [0.05, 0.1) is 6.21 Å². The molecular weight excluding hydrogens is 368 g/mol. The van der Waals surface area contributed by atoms with Crippen LogP contribution in [0.1, 0.15) is 23.9 Å². The maximum atomic E-state index is 5.90. The minimum atomic E-state index is 0.486. The molecule has 0 atom stereocenters. The van der Waals surface area contributed by atoms with Crippen LogP contribution in [0, 0.1) is 0 Å². The summed E-state index contributed by atoms with van der Waals surface area (Å²) in [4.78, 5) is 0. The van der Waals surface area contributed by atoms with Crippen molar-refractivity contribution in [1.82, 2.24) is 14.9 Å². The second-order valence-electron chi connectivity index (χ2n) is 5.50. The highest BCUT2D eigenvalue weighted by molar-refractivity contribution is 7.98. The SMILES string of the molecule is CCc1nnc(SC)n1/N=C\c1cccc(OCc2ccc(Cl)cc2)c1. The van der Waals surface area contributed by atoms with Gasteiger partial charge in [-0.05, 0) is 41.6 Å². The lowest BCUT2D eigenvalue weighted by molar-refractivity contribution is 0.306. The molecule has 0 aliphatic heterocycles. The molecule has 3 rings (SSSR count). The lowest BCUT2D eigenvalue weighted by Gasteiger charge is -2.07. The number of thioether (sulfide) groups is 1. The highest BCUT2D eigenvalue weighted by atomic mass is 35.5. The summed E-state index contributed by atoms with van der Waals surface area (Å²) in [7, 11) is 0. The van der Waals surface area contributed by atoms with Crippen LogP contribution in [0.3, 0.4) is 0 Å². The van der Waals surface area contributed by atoms with E-state index in [9.17, 15) is 0 Å². The van der Waals surface area contributed by atoms with Gasteiger partial charge < -0.3 is 4.74 Å². The van der Waals surface area contributed by atoms with Gasteiger partial charge in [0.1, 0.15) is 12.4 Å². The van der Waals surface area contributed by atoms with Gasteiger partial charge in [-0.25, -0.2) is 0 Å². The highest BCUT2D eigenvalue weighted by Crippen LogP contribution is 2.17. The van der Waals surface area contributed by atoms with E-state index in [-0.39, 0.29) is 0 Å². The Morgan fingerprint density at radius 3 is 2.73 bits per heavy atom. The zero-order valence-electron chi connectivity index (χ0n) is 14.6. The fraction of sp³-hybridized carbons (Fsp3) is 0.211. The summed E-state index contributed by atoms with van der Waals surface area (Å²) in [6.45, 7) is 2.52. The van der Waals surface area contributed by atoms with Crippen LogP contribution in [0.15, 0.2) is 58.8 Å². The third kappa shape index (κ3) is 4.65. The van der Waals surface area contributed by atoms with Crippen LogP contribution < -0.4 is 4.74 Å². The number of aryl methyl sites for hydroxylation is 1. The summed E-state index contributed by atoms with van der Waals surface area (Å²) in [6, 6.07) is 15.4. The van der Waals surface area contributed by atoms with Crippen molar-refractivity contribution in [3.8, 4) is 5.75 Å². The smallest absolute Gasteiger partial charge is 0.211 e. The van der Waals surface area contributed by atoms with Gasteiger partial charge in [0.2, 0.25) is 5.16 Å². The van der Waals surface area contributed by atoms with Crippen LogP contribution in [0.5, 0.6) is 5.75 Å². The van der Waals surface area contributed by atoms with E-state index in [2.05, 4.69) is 15.3 Å². The highest BCUT2D eigenvalue weighted by Gasteiger charge is 2.08. The Kier molecular flexibility index (Phi) is 6.30. The van der Waals surface area contributed by atoms with E-state index in [4.69, 9.17) is 16.3 Å². The molecule has 0 bridgehead atoms. The lowest BCUT2D eigenvalue weighted by Crippen LogP contribution is -1.99. The van der Waals surface area contributed by atoms with Gasteiger partial charge in [0, 0.05) is 11.4 Å². The van der Waals surface area contributed by atoms with Gasteiger partial charge in [-0.1, -0.05) is 54.6 Å². The molecule has 1 heterocycles. The Morgan fingerprint density at radius 1 is 1.19 bits per heavy atom. The summed E-state index contributed by atoms with van der Waals surface area (Å²) in [5, 5.41) is 14.3. The predicted molar refractivity (Wildman–Crippen MR) is 106 cm³/mol. The Balaban J connectivity index is 1.71. The quantitative estimate of drug-likeness (QED) is 0.437. The zero-order chi connectivity index (χ0) is 18.4. The molecule has 2 aromatic carbocycles. The van der Waals surface area contributed by atoms with Gasteiger partial charge in [0.15, 0.2) is 5.82 Å². The Hall–Kier alpha value is -2.31. The molecule has 0 spiro atoms. The molecule has 5 nitrogen and oxygen atoms in total. The summed E-state index contributed by atoms with van der Waals surface area (Å²) in [6.07, 6.45) is 4.52. The standard InChI is InChI=1S/C19H19ClN4OS/c1-3-18-22-23-19(26-2)24(18)21-12-15-5-4-6-17(11-15)25-13-14-7-9-16(20)10-8-14/h4-12H,3,13H2,1-2H3/b21-12-. The van der Waals surface area contributed by atoms with Crippen LogP contribution >= 0.6 is 23.4 Å². The number of aromatic nitrogens is 3. The number of halogens is 1. The number of nitrogens with zero attached hydrogens (tertiary/aromatic N) is 4. The third-order valence-electron chi connectivity index (χ3n) is 3.67. The average molecular weight is 387 g/mol. The molecule has 0 radical (unpaired) electrons. The van der Waals surface area contributed by atoms with E-state index in [0.717, 1.165) is 39.3 Å². The molecule has 26 heavy (non-hydrogen) atoms. The van der Waals surface area contributed by atoms with Crippen LogP contribution in [-0.4, -0.2) is 27.3 Å². The molecule has 7 heteroatoms. The fourth-order valence-electron chi connectivity index (χ4n) is 2.32. The number of hydrogen-bond donors (Lipinski definition) is 0. The van der Waals surface area contributed by atoms with Gasteiger partial charge in [-0.3, -0.25) is 0 Å². The molecular formula is C19H19ClN4OS. The number of hydrogen-bond acceptors (Lipinski definition) is 5. The molecule has 0 aliphatic rings. The number of ether oxygens (including phenoxy) is 1. The molecule has 1 aromatic heterocycles. The first kappa shape index (κ1) is 18.5. The van der Waals surface area contributed by atoms with Crippen molar-refractivity contribution in [3.05, 3.63) is 70.5 Å². The van der Waals surface area contributed by atoms with E-state index in [1.165, 1.54) is 11.8 Å². The van der Waals surface area contributed by atoms with Crippen molar-refractivity contribution in [3.63, 3.8) is 0 Å². The first-order chi connectivity index (χ1) is 12.7. The minimum Gasteiger partial charge on any atom is -0.489 e. The molecule has 0 amide bonds. The van der Waals surface area contributed by atoms with Gasteiger partial charge in [-0.15, -0.1) is 10.2 Å². The van der Waals surface area contributed by atoms with E-state index in [1.807, 2.05) is 61.7 Å². The number of rotatable bonds is 7. The summed E-state index contributed by atoms with van der Waals surface area (Å²) < 4.78 is 7.63. The fourth-order valence-corrected chi connectivity index (χ4v) is 2.89. The third-order valence-corrected chi connectivity index (χ3v) is 4.55. The largest absolute Gasteiger partial charge is 0.489 e. The van der Waals surface area contributed by atoms with Gasteiger partial charge >= 0.3 is 0 Å². The predicted octanol–water partition coefficient (Wildman–Crippen LogP) is 4.68. The lowest BCUT2D eigenvalue weighted by atomic mass is 10.2. The summed E-state index contributed by atoms with van der Waals surface area (Å²) in [5.74, 6) is 1.62. The van der Waals surface area contributed by atoms with Crippen molar-refractivity contribution in [1.29, 1.82) is 0 Å². The summed E-state index contributed by atoms with van der Waals surface area (Å²) >= 11 is 7.42. The van der Waals surface area contributed by atoms with Crippen molar-refractivity contribution >= 4 is 29.6 Å². The second-order valence-corrected chi connectivity index (χ2v) is 6.71. The molecule has 134 valence electrons. The van der Waals surface area contributed by atoms with E-state index in [1.54, 1.807) is 10.9 Å². The first-order valence-electron chi connectivity index (χ1n) is 8.19. The molecule has 0 N–H and O–H groups in total. The maximum Gasteiger partial charge on any atom is 0.211 e. The Morgan fingerprint density at radius 2 is 2.00 bits per heavy atom. The Labute approximate surface area is 162 Å². The van der Waals surface area contributed by atoms with Crippen molar-refractivity contribution < 1.29 is 4.74 Å². The van der Waals surface area contributed by atoms with E-state index in [0.29, 0.717) is 6.61 Å². The zero-order valence-corrected chi connectivity index (χ0v) is 16.2. The van der Waals surface area contributed by atoms with Crippen molar-refractivity contribution in [2.75, 3.05) is 6.26 Å². The van der Waals surface area contributed by atoms with Crippen LogP contribution in [0.4, 0.5) is 0 Å². The summed E-state index contributed by atoms with van der Waals surface area (Å²) in [5.41, 5.74) is 2.01. The topological polar surface area (TPSA) is 52.3 Å². The van der Waals surface area contributed by atoms with Crippen LogP contribution in [0.25, 0.3) is 0 Å². The Bertz CT molecular complexity index is 871.